The molecule has 3 N–H and O–H groups in total. The molecule has 0 radical (unpaired) electrons. The number of phosphoric ester groups is 2. The van der Waals surface area contributed by atoms with Gasteiger partial charge in [-0.25, -0.2) is 9.13 Å². The van der Waals surface area contributed by atoms with Crippen molar-refractivity contribution in [2.24, 2.45) is 23.7 Å². The van der Waals surface area contributed by atoms with Crippen LogP contribution >= 0.6 is 15.6 Å². The number of carbonyl (C=O) groups excluding carboxylic acids is 4. The fraction of sp³-hybridized carbons (Fsp3) is 0.938. The van der Waals surface area contributed by atoms with Crippen LogP contribution in [0.25, 0.3) is 0 Å². The summed E-state index contributed by atoms with van der Waals surface area (Å²) in [5.74, 6) is 0.756. The molecule has 0 saturated heterocycles. The van der Waals surface area contributed by atoms with Crippen molar-refractivity contribution >= 4 is 39.5 Å². The van der Waals surface area contributed by atoms with Gasteiger partial charge < -0.3 is 33.8 Å². The summed E-state index contributed by atoms with van der Waals surface area (Å²) in [4.78, 5) is 72.2. The molecule has 19 heteroatoms. The second-order valence-corrected chi connectivity index (χ2v) is 27.7. The SMILES string of the molecule is CCC(C)CCCCCCCCCCC(=O)O[C@H](COC(=O)CCCCCCCCCC(C)C)COP(=O)(O)OCC(O)COP(=O)(O)OC[C@@H](COC(=O)CCCCCCCCCC(C)C)OC(=O)CCCCCCCCCCC(C)C. The van der Waals surface area contributed by atoms with E-state index in [-0.39, 0.29) is 25.7 Å². The summed E-state index contributed by atoms with van der Waals surface area (Å²) in [6.45, 7) is 13.9. The van der Waals surface area contributed by atoms with Crippen LogP contribution in [0.3, 0.4) is 0 Å². The third-order valence-electron chi connectivity index (χ3n) is 14.9. The highest BCUT2D eigenvalue weighted by Crippen LogP contribution is 2.45. The molecule has 0 aromatic rings. The maximum atomic E-state index is 13.0. The third kappa shape index (κ3) is 57.6. The van der Waals surface area contributed by atoms with Crippen molar-refractivity contribution in [3.63, 3.8) is 0 Å². The Balaban J connectivity index is 5.26. The lowest BCUT2D eigenvalue weighted by molar-refractivity contribution is -0.161. The van der Waals surface area contributed by atoms with E-state index in [9.17, 15) is 43.2 Å². The molecule has 0 heterocycles. The number of hydrogen-bond acceptors (Lipinski definition) is 15. The molecule has 17 nitrogen and oxygen atoms in total. The van der Waals surface area contributed by atoms with Gasteiger partial charge in [0.05, 0.1) is 26.4 Å². The molecule has 0 spiro atoms. The van der Waals surface area contributed by atoms with Crippen molar-refractivity contribution in [3.8, 4) is 0 Å². The van der Waals surface area contributed by atoms with Gasteiger partial charge in [0.2, 0.25) is 0 Å². The van der Waals surface area contributed by atoms with Crippen LogP contribution < -0.4 is 0 Å². The van der Waals surface area contributed by atoms with Gasteiger partial charge in [0.15, 0.2) is 12.2 Å². The molecule has 4 unspecified atom stereocenters. The van der Waals surface area contributed by atoms with Gasteiger partial charge in [-0.1, -0.05) is 254 Å². The van der Waals surface area contributed by atoms with E-state index >= 15 is 0 Å². The number of carbonyl (C=O) groups is 4. The van der Waals surface area contributed by atoms with E-state index in [1.807, 2.05) is 0 Å². The second kappa shape index (κ2) is 54.2. The zero-order chi connectivity index (χ0) is 61.8. The Morgan fingerprint density at radius 2 is 0.578 bits per heavy atom. The standard InChI is InChI=1S/C64H124O17P2/c1-9-57(8)43-35-27-19-11-13-21-31-39-47-64(69)81-60(51-75-62(67)45-37-29-23-15-18-26-34-42-56(6)7)53-79-83(72,73)77-49-58(65)48-76-82(70,71)78-52-59(50-74-61(66)44-36-28-22-14-17-25-33-41-55(4)5)80-63(68)46-38-30-20-12-10-16-24-32-40-54(2)3/h54-60,65H,9-53H2,1-8H3,(H,70,71)(H,72,73)/t57?,58?,59-,60-/m1/s1. The topological polar surface area (TPSA) is 237 Å². The number of phosphoric acid groups is 2. The predicted molar refractivity (Wildman–Crippen MR) is 331 cm³/mol. The van der Waals surface area contributed by atoms with Gasteiger partial charge >= 0.3 is 39.5 Å². The summed E-state index contributed by atoms with van der Waals surface area (Å²) in [7, 11) is -9.89. The molecule has 0 aromatic heterocycles. The number of unbranched alkanes of at least 4 members (excludes halogenated alkanes) is 26. The molecule has 83 heavy (non-hydrogen) atoms. The summed E-state index contributed by atoms with van der Waals surface area (Å²) in [6, 6.07) is 0. The molecule has 492 valence electrons. The first kappa shape index (κ1) is 81.1. The number of esters is 4. The monoisotopic (exact) mass is 1230 g/mol. The largest absolute Gasteiger partial charge is 0.472 e. The maximum Gasteiger partial charge on any atom is 0.472 e. The van der Waals surface area contributed by atoms with Crippen LogP contribution in [0.5, 0.6) is 0 Å². The lowest BCUT2D eigenvalue weighted by Crippen LogP contribution is -2.30. The smallest absolute Gasteiger partial charge is 0.462 e. The number of aliphatic hydroxyl groups excluding tert-OH is 1. The fourth-order valence-electron chi connectivity index (χ4n) is 9.40. The van der Waals surface area contributed by atoms with Crippen LogP contribution in [0, 0.1) is 23.7 Å². The van der Waals surface area contributed by atoms with Crippen molar-refractivity contribution < 1.29 is 80.2 Å². The highest BCUT2D eigenvalue weighted by atomic mass is 31.2. The van der Waals surface area contributed by atoms with Crippen molar-refractivity contribution in [3.05, 3.63) is 0 Å². The van der Waals surface area contributed by atoms with E-state index in [1.54, 1.807) is 0 Å². The van der Waals surface area contributed by atoms with Crippen LogP contribution in [0.15, 0.2) is 0 Å². The van der Waals surface area contributed by atoms with E-state index in [0.717, 1.165) is 115 Å². The molecule has 0 aliphatic carbocycles. The van der Waals surface area contributed by atoms with Crippen molar-refractivity contribution in [2.45, 2.75) is 324 Å². The summed E-state index contributed by atoms with van der Waals surface area (Å²) >= 11 is 0. The first-order valence-electron chi connectivity index (χ1n) is 33.2. The van der Waals surface area contributed by atoms with Crippen molar-refractivity contribution in [1.29, 1.82) is 0 Å². The average Bonchev–Trinajstić information content (AvgIpc) is 3.43. The van der Waals surface area contributed by atoms with Gasteiger partial charge in [-0.05, 0) is 49.4 Å². The normalized spacial score (nSPS) is 14.8. The number of ether oxygens (including phenoxy) is 4. The van der Waals surface area contributed by atoms with Gasteiger partial charge in [0.1, 0.15) is 19.3 Å². The molecule has 0 amide bonds. The molecule has 0 aliphatic rings. The van der Waals surface area contributed by atoms with Crippen molar-refractivity contribution in [1.82, 2.24) is 0 Å². The van der Waals surface area contributed by atoms with Gasteiger partial charge in [0.25, 0.3) is 0 Å². The van der Waals surface area contributed by atoms with Gasteiger partial charge in [-0.3, -0.25) is 37.3 Å². The molecule has 6 atom stereocenters. The molecular formula is C64H124O17P2. The minimum Gasteiger partial charge on any atom is -0.462 e. The Morgan fingerprint density at radius 1 is 0.337 bits per heavy atom. The Bertz CT molecular complexity index is 1660. The van der Waals surface area contributed by atoms with Crippen LogP contribution in [0.1, 0.15) is 306 Å². The predicted octanol–water partition coefficient (Wildman–Crippen LogP) is 17.4. The minimum atomic E-state index is -4.95. The minimum absolute atomic E-state index is 0.103. The van der Waals surface area contributed by atoms with E-state index in [1.165, 1.54) is 96.3 Å². The first-order chi connectivity index (χ1) is 39.6. The highest BCUT2D eigenvalue weighted by molar-refractivity contribution is 7.47. The van der Waals surface area contributed by atoms with E-state index in [0.29, 0.717) is 37.5 Å². The van der Waals surface area contributed by atoms with E-state index in [2.05, 4.69) is 55.4 Å². The van der Waals surface area contributed by atoms with Gasteiger partial charge in [-0.15, -0.1) is 0 Å². The van der Waals surface area contributed by atoms with Crippen LogP contribution in [-0.4, -0.2) is 96.7 Å². The molecule has 0 aliphatic heterocycles. The third-order valence-corrected chi connectivity index (χ3v) is 16.8. The lowest BCUT2D eigenvalue weighted by atomic mass is 9.99. The average molecular weight is 1230 g/mol. The number of hydrogen-bond donors (Lipinski definition) is 3. The Morgan fingerprint density at radius 3 is 0.855 bits per heavy atom. The summed E-state index contributed by atoms with van der Waals surface area (Å²) in [5.41, 5.74) is 0. The molecular weight excluding hydrogens is 1100 g/mol. The molecule has 0 saturated carbocycles. The van der Waals surface area contributed by atoms with E-state index < -0.39 is 97.5 Å². The quantitative estimate of drug-likeness (QED) is 0.0222. The number of aliphatic hydroxyl groups is 1. The van der Waals surface area contributed by atoms with Crippen molar-refractivity contribution in [2.75, 3.05) is 39.6 Å². The lowest BCUT2D eigenvalue weighted by Gasteiger charge is -2.21. The Kier molecular flexibility index (Phi) is 53.0. The molecule has 0 fully saturated rings. The molecule has 0 bridgehead atoms. The number of rotatable bonds is 61. The zero-order valence-electron chi connectivity index (χ0n) is 53.8. The first-order valence-corrected chi connectivity index (χ1v) is 36.2. The molecule has 0 aromatic carbocycles. The van der Waals surface area contributed by atoms with Crippen LogP contribution in [0.2, 0.25) is 0 Å². The Labute approximate surface area is 505 Å². The highest BCUT2D eigenvalue weighted by Gasteiger charge is 2.30. The Hall–Kier alpha value is -1.94. The van der Waals surface area contributed by atoms with Crippen LogP contribution in [-0.2, 0) is 65.4 Å². The summed E-state index contributed by atoms with van der Waals surface area (Å²) < 4.78 is 68.0. The molecule has 0 rings (SSSR count). The van der Waals surface area contributed by atoms with Gasteiger partial charge in [0, 0.05) is 25.7 Å². The second-order valence-electron chi connectivity index (χ2n) is 24.8. The zero-order valence-corrected chi connectivity index (χ0v) is 55.6. The van der Waals surface area contributed by atoms with Crippen LogP contribution in [0.4, 0.5) is 0 Å². The summed E-state index contributed by atoms with van der Waals surface area (Å²) in [6.07, 6.45) is 33.6. The fourth-order valence-corrected chi connectivity index (χ4v) is 11.0. The van der Waals surface area contributed by atoms with E-state index in [4.69, 9.17) is 37.0 Å². The summed E-state index contributed by atoms with van der Waals surface area (Å²) in [5, 5.41) is 10.5. The van der Waals surface area contributed by atoms with Gasteiger partial charge in [-0.2, -0.15) is 0 Å². The maximum absolute atomic E-state index is 13.0.